The number of nitrogens with one attached hydrogen (secondary N) is 1. The van der Waals surface area contributed by atoms with Gasteiger partial charge in [-0.1, -0.05) is 0 Å². The van der Waals surface area contributed by atoms with Gasteiger partial charge < -0.3 is 14.2 Å². The summed E-state index contributed by atoms with van der Waals surface area (Å²) in [6, 6.07) is 7.39. The first-order valence-electron chi connectivity index (χ1n) is 11.1. The Balaban J connectivity index is 1.69. The van der Waals surface area contributed by atoms with Crippen molar-refractivity contribution in [2.75, 3.05) is 19.0 Å². The van der Waals surface area contributed by atoms with Gasteiger partial charge in [-0.15, -0.1) is 0 Å². The molecule has 11 nitrogen and oxygen atoms in total. The third kappa shape index (κ3) is 6.98. The Kier molecular flexibility index (Phi) is 8.20. The molecule has 0 bridgehead atoms. The van der Waals surface area contributed by atoms with Crippen LogP contribution in [0.15, 0.2) is 36.5 Å². The molecule has 0 aliphatic heterocycles. The maximum absolute atomic E-state index is 14.2. The number of aromatic nitrogens is 3. The second kappa shape index (κ2) is 11.1. The van der Waals surface area contributed by atoms with Crippen LogP contribution < -0.4 is 10.1 Å². The molecule has 0 saturated carbocycles. The zero-order chi connectivity index (χ0) is 26.5. The summed E-state index contributed by atoms with van der Waals surface area (Å²) in [5, 5.41) is 18.4. The number of ether oxygens (including phenoxy) is 3. The molecule has 3 rings (SSSR count). The van der Waals surface area contributed by atoms with Crippen LogP contribution in [0.5, 0.6) is 5.75 Å². The van der Waals surface area contributed by atoms with Crippen LogP contribution in [-0.4, -0.2) is 45.1 Å². The average Bonchev–Trinajstić information content (AvgIpc) is 3.22. The van der Waals surface area contributed by atoms with E-state index in [0.29, 0.717) is 23.2 Å². The molecule has 0 spiro atoms. The number of rotatable bonds is 9. The predicted octanol–water partition coefficient (Wildman–Crippen LogP) is 4.64. The Bertz CT molecular complexity index is 1250. The van der Waals surface area contributed by atoms with Crippen molar-refractivity contribution in [1.82, 2.24) is 14.8 Å². The monoisotopic (exact) mass is 501 g/mol. The van der Waals surface area contributed by atoms with E-state index < -0.39 is 22.4 Å². The van der Waals surface area contributed by atoms with E-state index in [1.165, 1.54) is 25.3 Å². The highest BCUT2D eigenvalue weighted by atomic mass is 19.1. The van der Waals surface area contributed by atoms with E-state index in [2.05, 4.69) is 15.4 Å². The number of nitro groups is 1. The summed E-state index contributed by atoms with van der Waals surface area (Å²) in [5.74, 6) is -0.360. The smallest absolute Gasteiger partial charge is 0.413 e. The number of halogens is 1. The number of nitro benzene ring substituents is 1. The third-order valence-electron chi connectivity index (χ3n) is 4.84. The number of benzene rings is 1. The number of hydrogen-bond donors (Lipinski definition) is 1. The number of methoxy groups -OCH3 is 1. The van der Waals surface area contributed by atoms with Crippen molar-refractivity contribution < 1.29 is 28.3 Å². The Hall–Kier alpha value is -4.06. The van der Waals surface area contributed by atoms with Crippen LogP contribution in [0.3, 0.4) is 0 Å². The molecule has 1 aromatic carbocycles. The summed E-state index contributed by atoms with van der Waals surface area (Å²) in [6.45, 7) is 5.14. The Morgan fingerprint density at radius 2 is 2.00 bits per heavy atom. The summed E-state index contributed by atoms with van der Waals surface area (Å²) >= 11 is 0. The summed E-state index contributed by atoms with van der Waals surface area (Å²) in [4.78, 5) is 27.1. The molecule has 0 atom stereocenters. The Morgan fingerprint density at radius 1 is 1.25 bits per heavy atom. The van der Waals surface area contributed by atoms with E-state index >= 15 is 0 Å². The van der Waals surface area contributed by atoms with Gasteiger partial charge in [0.2, 0.25) is 5.75 Å². The third-order valence-corrected chi connectivity index (χ3v) is 4.84. The van der Waals surface area contributed by atoms with Crippen LogP contribution >= 0.6 is 0 Å². The van der Waals surface area contributed by atoms with E-state index in [1.807, 2.05) is 0 Å². The number of hydrogen-bond acceptors (Lipinski definition) is 8. The minimum Gasteiger partial charge on any atom is -0.490 e. The number of pyridine rings is 1. The van der Waals surface area contributed by atoms with E-state index in [4.69, 9.17) is 14.2 Å². The van der Waals surface area contributed by atoms with Crippen LogP contribution in [-0.2, 0) is 29.5 Å². The summed E-state index contributed by atoms with van der Waals surface area (Å²) in [6.07, 6.45) is 1.32. The lowest BCUT2D eigenvalue weighted by molar-refractivity contribution is -0.385. The molecule has 0 radical (unpaired) electrons. The number of nitrogens with zero attached hydrogens (tertiary/aromatic N) is 4. The fraction of sp³-hybridized carbons (Fsp3) is 0.375. The molecule has 0 aliphatic rings. The van der Waals surface area contributed by atoms with Crippen molar-refractivity contribution in [3.05, 3.63) is 63.7 Å². The van der Waals surface area contributed by atoms with Crippen molar-refractivity contribution >= 4 is 17.6 Å². The zero-order valence-corrected chi connectivity index (χ0v) is 20.7. The first kappa shape index (κ1) is 26.5. The van der Waals surface area contributed by atoms with Gasteiger partial charge in [-0.2, -0.15) is 5.10 Å². The van der Waals surface area contributed by atoms with Gasteiger partial charge in [-0.05, 0) is 57.0 Å². The van der Waals surface area contributed by atoms with Gasteiger partial charge in [0, 0.05) is 19.3 Å². The quantitative estimate of drug-likeness (QED) is 0.255. The normalized spacial score (nSPS) is 11.3. The van der Waals surface area contributed by atoms with E-state index in [-0.39, 0.29) is 36.2 Å². The van der Waals surface area contributed by atoms with Gasteiger partial charge >= 0.3 is 11.8 Å². The van der Waals surface area contributed by atoms with Crippen LogP contribution in [0.25, 0.3) is 11.3 Å². The molecule has 36 heavy (non-hydrogen) atoms. The van der Waals surface area contributed by atoms with Gasteiger partial charge in [-0.3, -0.25) is 20.1 Å². The van der Waals surface area contributed by atoms with Crippen molar-refractivity contribution in [1.29, 1.82) is 0 Å². The molecular weight excluding hydrogens is 473 g/mol. The van der Waals surface area contributed by atoms with Gasteiger partial charge in [0.05, 0.1) is 36.5 Å². The minimum atomic E-state index is -0.710. The topological polar surface area (TPSA) is 131 Å². The van der Waals surface area contributed by atoms with E-state index in [1.54, 1.807) is 50.8 Å². The molecule has 0 aliphatic carbocycles. The SMILES string of the molecule is COc1c(-c2ccn(C)n2)cc(CCOCc2nc(NC(=O)OC(C)(C)C)ccc2F)cc1[N+](=O)[O-]. The summed E-state index contributed by atoms with van der Waals surface area (Å²) in [5.41, 5.74) is 0.750. The van der Waals surface area contributed by atoms with Crippen molar-refractivity contribution in [2.45, 2.75) is 39.4 Å². The van der Waals surface area contributed by atoms with E-state index in [9.17, 15) is 19.3 Å². The van der Waals surface area contributed by atoms with E-state index in [0.717, 1.165) is 0 Å². The number of anilines is 1. The highest BCUT2D eigenvalue weighted by Crippen LogP contribution is 2.38. The van der Waals surface area contributed by atoms with Crippen molar-refractivity contribution in [3.8, 4) is 17.0 Å². The summed E-state index contributed by atoms with van der Waals surface area (Å²) < 4.78 is 31.9. The number of aryl methyl sites for hydroxylation is 1. The fourth-order valence-electron chi connectivity index (χ4n) is 3.34. The molecule has 0 saturated heterocycles. The average molecular weight is 502 g/mol. The van der Waals surface area contributed by atoms with Gasteiger partial charge in [-0.25, -0.2) is 14.2 Å². The van der Waals surface area contributed by atoms with Gasteiger partial charge in [0.25, 0.3) is 0 Å². The predicted molar refractivity (Wildman–Crippen MR) is 129 cm³/mol. The number of amides is 1. The first-order chi connectivity index (χ1) is 17.0. The van der Waals surface area contributed by atoms with Crippen LogP contribution in [0, 0.1) is 15.9 Å². The van der Waals surface area contributed by atoms with Crippen LogP contribution in [0.2, 0.25) is 0 Å². The molecule has 3 aromatic rings. The second-order valence-electron chi connectivity index (χ2n) is 8.88. The molecule has 2 aromatic heterocycles. The fourth-order valence-corrected chi connectivity index (χ4v) is 3.34. The minimum absolute atomic E-state index is 0.00144. The number of carbonyl (C=O) groups excluding carboxylic acids is 1. The lowest BCUT2D eigenvalue weighted by Crippen LogP contribution is -2.27. The summed E-state index contributed by atoms with van der Waals surface area (Å²) in [7, 11) is 3.11. The molecule has 1 N–H and O–H groups in total. The highest BCUT2D eigenvalue weighted by Gasteiger charge is 2.23. The Labute approximate surface area is 207 Å². The Morgan fingerprint density at radius 3 is 2.61 bits per heavy atom. The maximum Gasteiger partial charge on any atom is 0.413 e. The molecule has 0 fully saturated rings. The van der Waals surface area contributed by atoms with Gasteiger partial charge in [0.1, 0.15) is 22.9 Å². The van der Waals surface area contributed by atoms with Crippen molar-refractivity contribution in [2.24, 2.45) is 7.05 Å². The standard InChI is InChI=1S/C24H28FN5O6/c1-24(2,3)36-23(31)27-21-7-6-17(25)19(26-21)14-35-11-9-15-12-16(18-8-10-29(4)28-18)22(34-5)20(13-15)30(32)33/h6-8,10,12-13H,9,11,14H2,1-5H3,(H,26,27,31). The molecule has 192 valence electrons. The number of carbonyl (C=O) groups is 1. The first-order valence-corrected chi connectivity index (χ1v) is 11.1. The second-order valence-corrected chi connectivity index (χ2v) is 8.88. The van der Waals surface area contributed by atoms with Gasteiger partial charge in [0.15, 0.2) is 0 Å². The lowest BCUT2D eigenvalue weighted by Gasteiger charge is -2.19. The molecular formula is C24H28FN5O6. The maximum atomic E-state index is 14.2. The molecule has 1 amide bonds. The highest BCUT2D eigenvalue weighted by molar-refractivity contribution is 5.83. The lowest BCUT2D eigenvalue weighted by atomic mass is 10.0. The molecule has 0 unspecified atom stereocenters. The molecule has 2 heterocycles. The molecule has 12 heteroatoms. The zero-order valence-electron chi connectivity index (χ0n) is 20.7. The van der Waals surface area contributed by atoms with Crippen molar-refractivity contribution in [3.63, 3.8) is 0 Å². The van der Waals surface area contributed by atoms with Crippen LogP contribution in [0.4, 0.5) is 20.7 Å². The largest absolute Gasteiger partial charge is 0.490 e. The van der Waals surface area contributed by atoms with Crippen LogP contribution in [0.1, 0.15) is 32.0 Å².